The monoisotopic (exact) mass is 462 g/mol. The van der Waals surface area contributed by atoms with E-state index in [0.29, 0.717) is 36.0 Å². The maximum atomic E-state index is 12.9. The number of halogens is 3. The Morgan fingerprint density at radius 3 is 2.97 bits per heavy atom. The summed E-state index contributed by atoms with van der Waals surface area (Å²) in [6.45, 7) is 1.96. The third-order valence-corrected chi connectivity index (χ3v) is 5.86. The van der Waals surface area contributed by atoms with Gasteiger partial charge in [-0.1, -0.05) is 13.0 Å². The van der Waals surface area contributed by atoms with Gasteiger partial charge >= 0.3 is 6.18 Å². The van der Waals surface area contributed by atoms with Gasteiger partial charge in [-0.2, -0.15) is 18.3 Å². The first-order valence-corrected chi connectivity index (χ1v) is 10.8. The fourth-order valence-electron chi connectivity index (χ4n) is 3.32. The Bertz CT molecular complexity index is 1160. The summed E-state index contributed by atoms with van der Waals surface area (Å²) in [5.41, 5.74) is 8.87. The van der Waals surface area contributed by atoms with Crippen LogP contribution in [0.2, 0.25) is 0 Å². The Morgan fingerprint density at radius 1 is 1.38 bits per heavy atom. The highest BCUT2D eigenvalue weighted by Gasteiger charge is 2.31. The molecule has 0 saturated heterocycles. The lowest BCUT2D eigenvalue weighted by atomic mass is 10.0. The van der Waals surface area contributed by atoms with Gasteiger partial charge in [-0.3, -0.25) is 4.99 Å². The number of nitrogens with zero attached hydrogens (tertiary/aromatic N) is 5. The zero-order valence-corrected chi connectivity index (χ0v) is 18.1. The predicted octanol–water partition coefficient (Wildman–Crippen LogP) is 4.35. The first kappa shape index (κ1) is 22.0. The number of benzene rings is 1. The molecule has 0 amide bonds. The molecule has 1 aromatic carbocycles. The molecule has 1 aliphatic heterocycles. The van der Waals surface area contributed by atoms with Crippen molar-refractivity contribution in [1.82, 2.24) is 19.7 Å². The minimum Gasteiger partial charge on any atom is -0.492 e. The summed E-state index contributed by atoms with van der Waals surface area (Å²) in [5.74, 6) is 0.734. The second-order valence-corrected chi connectivity index (χ2v) is 8.20. The molecule has 0 saturated carbocycles. The molecule has 0 aliphatic carbocycles. The lowest BCUT2D eigenvalue weighted by Gasteiger charge is -2.10. The van der Waals surface area contributed by atoms with Crippen LogP contribution in [0.4, 0.5) is 13.2 Å². The SMILES string of the molecule is CCCN=CC(=CN)c1ccc2c(c1)OCCc1sc(-c3ncnn3CC(F)(F)F)nc1-2. The number of thiazole rings is 1. The molecular weight excluding hydrogens is 441 g/mol. The van der Waals surface area contributed by atoms with Gasteiger partial charge in [0.1, 0.15) is 18.6 Å². The van der Waals surface area contributed by atoms with E-state index in [1.165, 1.54) is 17.5 Å². The van der Waals surface area contributed by atoms with Crippen molar-refractivity contribution in [2.75, 3.05) is 13.2 Å². The van der Waals surface area contributed by atoms with Crippen LogP contribution in [-0.2, 0) is 13.0 Å². The first-order valence-electron chi connectivity index (χ1n) is 10.0. The molecule has 0 fully saturated rings. The number of ether oxygens (including phenoxy) is 1. The van der Waals surface area contributed by atoms with Gasteiger partial charge in [0.15, 0.2) is 10.8 Å². The van der Waals surface area contributed by atoms with E-state index in [4.69, 9.17) is 10.5 Å². The van der Waals surface area contributed by atoms with Gasteiger partial charge in [-0.25, -0.2) is 14.6 Å². The summed E-state index contributed by atoms with van der Waals surface area (Å²) >= 11 is 1.30. The zero-order valence-electron chi connectivity index (χ0n) is 17.3. The molecule has 2 N–H and O–H groups in total. The molecule has 2 aromatic heterocycles. The molecule has 0 bridgehead atoms. The summed E-state index contributed by atoms with van der Waals surface area (Å²) in [6, 6.07) is 5.67. The molecule has 3 aromatic rings. The number of aliphatic imine (C=N–C) groups is 1. The lowest BCUT2D eigenvalue weighted by molar-refractivity contribution is -0.142. The molecule has 4 rings (SSSR count). The highest BCUT2D eigenvalue weighted by atomic mass is 32.1. The maximum Gasteiger partial charge on any atom is 0.408 e. The van der Waals surface area contributed by atoms with Crippen LogP contribution in [0, 0.1) is 0 Å². The van der Waals surface area contributed by atoms with Crippen molar-refractivity contribution in [3.8, 4) is 27.8 Å². The minimum atomic E-state index is -4.40. The number of hydrogen-bond donors (Lipinski definition) is 1. The molecule has 1 aliphatic rings. The molecule has 7 nitrogen and oxygen atoms in total. The highest BCUT2D eigenvalue weighted by molar-refractivity contribution is 7.15. The Morgan fingerprint density at radius 2 is 2.22 bits per heavy atom. The van der Waals surface area contributed by atoms with Gasteiger partial charge in [0, 0.05) is 41.4 Å². The Labute approximate surface area is 186 Å². The van der Waals surface area contributed by atoms with Gasteiger partial charge in [-0.05, 0) is 24.1 Å². The largest absolute Gasteiger partial charge is 0.492 e. The minimum absolute atomic E-state index is 0.0972. The summed E-state index contributed by atoms with van der Waals surface area (Å²) in [6.07, 6.45) is 1.47. The number of fused-ring (bicyclic) bond motifs is 3. The molecule has 0 spiro atoms. The average molecular weight is 463 g/mol. The predicted molar refractivity (Wildman–Crippen MR) is 118 cm³/mol. The Hall–Kier alpha value is -3.21. The smallest absolute Gasteiger partial charge is 0.408 e. The topological polar surface area (TPSA) is 91.2 Å². The van der Waals surface area contributed by atoms with E-state index in [-0.39, 0.29) is 5.82 Å². The number of aromatic nitrogens is 4. The quantitative estimate of drug-likeness (QED) is 0.550. The fraction of sp³-hybridized carbons (Fsp3) is 0.333. The zero-order chi connectivity index (χ0) is 22.7. The molecule has 0 radical (unpaired) electrons. The Balaban J connectivity index is 1.70. The number of hydrogen-bond acceptors (Lipinski definition) is 7. The van der Waals surface area contributed by atoms with Crippen LogP contribution >= 0.6 is 11.3 Å². The van der Waals surface area contributed by atoms with Gasteiger partial charge in [-0.15, -0.1) is 11.3 Å². The second kappa shape index (κ2) is 9.11. The van der Waals surface area contributed by atoms with Crippen LogP contribution in [0.5, 0.6) is 5.75 Å². The van der Waals surface area contributed by atoms with Crippen molar-refractivity contribution >= 4 is 23.1 Å². The van der Waals surface area contributed by atoms with Crippen molar-refractivity contribution in [2.45, 2.75) is 32.5 Å². The van der Waals surface area contributed by atoms with Crippen LogP contribution in [-0.4, -0.2) is 45.3 Å². The van der Waals surface area contributed by atoms with Crippen molar-refractivity contribution in [3.05, 3.63) is 41.2 Å². The van der Waals surface area contributed by atoms with Crippen molar-refractivity contribution in [2.24, 2.45) is 10.7 Å². The van der Waals surface area contributed by atoms with Crippen LogP contribution in [0.15, 0.2) is 35.7 Å². The Kier molecular flexibility index (Phi) is 6.26. The molecular formula is C21H21F3N6OS. The molecule has 168 valence electrons. The van der Waals surface area contributed by atoms with E-state index in [2.05, 4.69) is 20.1 Å². The molecule has 0 atom stereocenters. The number of rotatable bonds is 6. The maximum absolute atomic E-state index is 12.9. The van der Waals surface area contributed by atoms with Gasteiger partial charge in [0.25, 0.3) is 0 Å². The summed E-state index contributed by atoms with van der Waals surface area (Å²) in [5, 5.41) is 4.11. The summed E-state index contributed by atoms with van der Waals surface area (Å²) in [4.78, 5) is 13.9. The van der Waals surface area contributed by atoms with E-state index in [0.717, 1.165) is 39.0 Å². The molecule has 0 unspecified atom stereocenters. The van der Waals surface area contributed by atoms with Crippen LogP contribution in [0.25, 0.3) is 27.7 Å². The average Bonchev–Trinajstić information content (AvgIpc) is 3.33. The standard InChI is InChI=1S/C21H21F3N6OS/c1-2-6-26-10-14(9-25)13-3-4-15-16(8-13)31-7-5-17-18(15)29-20(32-17)19-27-12-28-30(19)11-21(22,23)24/h3-4,8-10,12H,2,5-7,11,25H2,1H3. The van der Waals surface area contributed by atoms with Crippen molar-refractivity contribution in [3.63, 3.8) is 0 Å². The summed E-state index contributed by atoms with van der Waals surface area (Å²) < 4.78 is 45.4. The van der Waals surface area contributed by atoms with Gasteiger partial charge < -0.3 is 10.5 Å². The lowest BCUT2D eigenvalue weighted by Crippen LogP contribution is -2.19. The first-order chi connectivity index (χ1) is 15.4. The van der Waals surface area contributed by atoms with Gasteiger partial charge in [0.05, 0.1) is 12.3 Å². The molecule has 11 heteroatoms. The third kappa shape index (κ3) is 4.67. The van der Waals surface area contributed by atoms with E-state index in [9.17, 15) is 13.2 Å². The van der Waals surface area contributed by atoms with Crippen molar-refractivity contribution < 1.29 is 17.9 Å². The fourth-order valence-corrected chi connectivity index (χ4v) is 4.38. The summed E-state index contributed by atoms with van der Waals surface area (Å²) in [7, 11) is 0. The van der Waals surface area contributed by atoms with Gasteiger partial charge in [0.2, 0.25) is 0 Å². The van der Waals surface area contributed by atoms with E-state index in [1.54, 1.807) is 6.21 Å². The van der Waals surface area contributed by atoms with Crippen LogP contribution in [0.1, 0.15) is 23.8 Å². The molecule has 32 heavy (non-hydrogen) atoms. The van der Waals surface area contributed by atoms with E-state index >= 15 is 0 Å². The van der Waals surface area contributed by atoms with Crippen LogP contribution < -0.4 is 10.5 Å². The van der Waals surface area contributed by atoms with E-state index in [1.807, 2.05) is 25.1 Å². The normalized spacial score (nSPS) is 14.2. The number of alkyl halides is 3. The highest BCUT2D eigenvalue weighted by Crippen LogP contribution is 2.41. The number of nitrogens with two attached hydrogens (primary N) is 1. The molecule has 3 heterocycles. The van der Waals surface area contributed by atoms with Crippen LogP contribution in [0.3, 0.4) is 0 Å². The van der Waals surface area contributed by atoms with E-state index < -0.39 is 12.7 Å². The second-order valence-electron chi connectivity index (χ2n) is 7.11. The third-order valence-electron chi connectivity index (χ3n) is 4.75. The number of allylic oxidation sites excluding steroid dienone is 1. The van der Waals surface area contributed by atoms with Crippen molar-refractivity contribution in [1.29, 1.82) is 0 Å².